The zero-order chi connectivity index (χ0) is 17.2. The van der Waals surface area contributed by atoms with E-state index in [-0.39, 0.29) is 5.91 Å². The Morgan fingerprint density at radius 3 is 2.21 bits per heavy atom. The highest BCUT2D eigenvalue weighted by atomic mass is 16.6. The van der Waals surface area contributed by atoms with Crippen LogP contribution in [0.4, 0.5) is 0 Å². The van der Waals surface area contributed by atoms with Gasteiger partial charge in [0.2, 0.25) is 5.91 Å². The maximum atomic E-state index is 12.4. The molecule has 0 bridgehead atoms. The molecule has 0 aliphatic heterocycles. The van der Waals surface area contributed by atoms with Crippen LogP contribution < -0.4 is 5.48 Å². The van der Waals surface area contributed by atoms with E-state index in [1.54, 1.807) is 0 Å². The van der Waals surface area contributed by atoms with Crippen molar-refractivity contribution in [1.82, 2.24) is 5.48 Å². The van der Waals surface area contributed by atoms with Crippen molar-refractivity contribution in [2.24, 2.45) is 5.92 Å². The van der Waals surface area contributed by atoms with Crippen molar-refractivity contribution in [3.05, 3.63) is 71.8 Å². The van der Waals surface area contributed by atoms with Gasteiger partial charge in [0.1, 0.15) is 0 Å². The van der Waals surface area contributed by atoms with Crippen LogP contribution in [0.1, 0.15) is 30.9 Å². The summed E-state index contributed by atoms with van der Waals surface area (Å²) >= 11 is 0. The first-order valence-electron chi connectivity index (χ1n) is 8.38. The Kier molecular flexibility index (Phi) is 7.46. The monoisotopic (exact) mass is 327 g/mol. The lowest BCUT2D eigenvalue weighted by atomic mass is 9.92. The fourth-order valence-corrected chi connectivity index (χ4v) is 2.59. The first-order chi connectivity index (χ1) is 11.7. The molecular formula is C20H25NO3. The lowest BCUT2D eigenvalue weighted by Gasteiger charge is -2.21. The maximum absolute atomic E-state index is 12.4. The van der Waals surface area contributed by atoms with Gasteiger partial charge in [0.25, 0.3) is 0 Å². The van der Waals surface area contributed by atoms with Crippen LogP contribution in [0.2, 0.25) is 0 Å². The van der Waals surface area contributed by atoms with Crippen molar-refractivity contribution in [1.29, 1.82) is 0 Å². The second-order valence-corrected chi connectivity index (χ2v) is 5.85. The number of nitrogens with one attached hydrogen (secondary N) is 1. The highest BCUT2D eigenvalue weighted by Gasteiger charge is 2.25. The molecule has 0 saturated carbocycles. The zero-order valence-electron chi connectivity index (χ0n) is 14.0. The molecule has 4 heteroatoms. The van der Waals surface area contributed by atoms with Crippen molar-refractivity contribution in [2.45, 2.75) is 38.9 Å². The van der Waals surface area contributed by atoms with Crippen molar-refractivity contribution < 1.29 is 14.7 Å². The van der Waals surface area contributed by atoms with Crippen LogP contribution in [-0.2, 0) is 22.7 Å². The molecule has 0 radical (unpaired) electrons. The number of carbonyl (C=O) groups is 1. The number of hydrogen-bond donors (Lipinski definition) is 2. The average Bonchev–Trinajstić information content (AvgIpc) is 2.63. The van der Waals surface area contributed by atoms with E-state index in [0.29, 0.717) is 19.4 Å². The van der Waals surface area contributed by atoms with Crippen LogP contribution in [0.5, 0.6) is 0 Å². The third-order valence-electron chi connectivity index (χ3n) is 4.06. The second-order valence-electron chi connectivity index (χ2n) is 5.85. The third-order valence-corrected chi connectivity index (χ3v) is 4.06. The van der Waals surface area contributed by atoms with Crippen LogP contribution in [0, 0.1) is 5.92 Å². The smallest absolute Gasteiger partial charge is 0.249 e. The molecule has 0 aliphatic carbocycles. The fraction of sp³-hybridized carbons (Fsp3) is 0.350. The molecule has 0 fully saturated rings. The lowest BCUT2D eigenvalue weighted by molar-refractivity contribution is -0.142. The normalized spacial score (nSPS) is 13.2. The number of benzene rings is 2. The molecule has 0 unspecified atom stereocenters. The molecule has 0 saturated heterocycles. The molecule has 0 heterocycles. The number of hydroxylamine groups is 1. The molecule has 2 N–H and O–H groups in total. The first-order valence-corrected chi connectivity index (χ1v) is 8.38. The van der Waals surface area contributed by atoms with Gasteiger partial charge >= 0.3 is 0 Å². The summed E-state index contributed by atoms with van der Waals surface area (Å²) in [6, 6.07) is 19.6. The van der Waals surface area contributed by atoms with E-state index in [9.17, 15) is 9.90 Å². The first kappa shape index (κ1) is 18.2. The van der Waals surface area contributed by atoms with Gasteiger partial charge in [-0.25, -0.2) is 5.48 Å². The van der Waals surface area contributed by atoms with E-state index in [4.69, 9.17) is 4.84 Å². The van der Waals surface area contributed by atoms with E-state index in [0.717, 1.165) is 17.5 Å². The molecule has 128 valence electrons. The minimum absolute atomic E-state index is 0.267. The largest absolute Gasteiger partial charge is 0.392 e. The predicted octanol–water partition coefficient (Wildman–Crippen LogP) is 3.25. The summed E-state index contributed by atoms with van der Waals surface area (Å²) in [5, 5.41) is 10.2. The molecule has 2 atom stereocenters. The van der Waals surface area contributed by atoms with Crippen LogP contribution in [0.3, 0.4) is 0 Å². The molecule has 2 rings (SSSR count). The number of hydrogen-bond acceptors (Lipinski definition) is 3. The fourth-order valence-electron chi connectivity index (χ4n) is 2.59. The Labute approximate surface area is 143 Å². The SMILES string of the molecule is CC[C@H](O)[C@@H](CCc1ccccc1)C(=O)NOCc1ccccc1. The van der Waals surface area contributed by atoms with Gasteiger partial charge in [-0.1, -0.05) is 67.6 Å². The minimum atomic E-state index is -0.672. The van der Waals surface area contributed by atoms with Gasteiger partial charge in [-0.15, -0.1) is 0 Å². The van der Waals surface area contributed by atoms with Gasteiger partial charge in [0, 0.05) is 0 Å². The summed E-state index contributed by atoms with van der Waals surface area (Å²) < 4.78 is 0. The number of aliphatic hydroxyl groups excluding tert-OH is 1. The second kappa shape index (κ2) is 9.85. The Balaban J connectivity index is 1.85. The number of amides is 1. The van der Waals surface area contributed by atoms with Gasteiger partial charge < -0.3 is 5.11 Å². The van der Waals surface area contributed by atoms with Crippen molar-refractivity contribution in [3.63, 3.8) is 0 Å². The van der Waals surface area contributed by atoms with E-state index in [1.807, 2.05) is 67.6 Å². The molecule has 2 aromatic rings. The number of rotatable bonds is 9. The van der Waals surface area contributed by atoms with Gasteiger partial charge in [0.05, 0.1) is 18.6 Å². The maximum Gasteiger partial charge on any atom is 0.249 e. The van der Waals surface area contributed by atoms with Gasteiger partial charge in [-0.3, -0.25) is 9.63 Å². The van der Waals surface area contributed by atoms with E-state index >= 15 is 0 Å². The standard InChI is InChI=1S/C20H25NO3/c1-2-19(22)18(14-13-16-9-5-3-6-10-16)20(23)21-24-15-17-11-7-4-8-12-17/h3-12,18-19,22H,2,13-15H2,1H3,(H,21,23)/t18-,19+/m1/s1. The molecule has 0 aliphatic rings. The highest BCUT2D eigenvalue weighted by molar-refractivity contribution is 5.78. The van der Waals surface area contributed by atoms with Gasteiger partial charge in [0.15, 0.2) is 0 Å². The Morgan fingerprint density at radius 2 is 1.62 bits per heavy atom. The van der Waals surface area contributed by atoms with Crippen LogP contribution in [-0.4, -0.2) is 17.1 Å². The van der Waals surface area contributed by atoms with Gasteiger partial charge in [-0.05, 0) is 30.4 Å². The molecule has 24 heavy (non-hydrogen) atoms. The zero-order valence-corrected chi connectivity index (χ0v) is 14.0. The lowest BCUT2D eigenvalue weighted by Crippen LogP contribution is -2.37. The Morgan fingerprint density at radius 1 is 1.04 bits per heavy atom. The van der Waals surface area contributed by atoms with E-state index in [2.05, 4.69) is 5.48 Å². The van der Waals surface area contributed by atoms with Crippen LogP contribution >= 0.6 is 0 Å². The summed E-state index contributed by atoms with van der Waals surface area (Å²) in [4.78, 5) is 17.7. The summed E-state index contributed by atoms with van der Waals surface area (Å²) in [7, 11) is 0. The quantitative estimate of drug-likeness (QED) is 0.695. The predicted molar refractivity (Wildman–Crippen MR) is 93.9 cm³/mol. The Bertz CT molecular complexity index is 601. The molecule has 1 amide bonds. The van der Waals surface area contributed by atoms with Crippen molar-refractivity contribution in [2.75, 3.05) is 0 Å². The molecular weight excluding hydrogens is 302 g/mol. The topological polar surface area (TPSA) is 58.6 Å². The summed E-state index contributed by atoms with van der Waals surface area (Å²) in [5.74, 6) is -0.748. The van der Waals surface area contributed by atoms with E-state index in [1.165, 1.54) is 0 Å². The van der Waals surface area contributed by atoms with E-state index < -0.39 is 12.0 Å². The van der Waals surface area contributed by atoms with Gasteiger partial charge in [-0.2, -0.15) is 0 Å². The number of aryl methyl sites for hydroxylation is 1. The summed E-state index contributed by atoms with van der Waals surface area (Å²) in [6.07, 6.45) is 1.19. The van der Waals surface area contributed by atoms with Crippen LogP contribution in [0.25, 0.3) is 0 Å². The average molecular weight is 327 g/mol. The minimum Gasteiger partial charge on any atom is -0.392 e. The van der Waals surface area contributed by atoms with Crippen molar-refractivity contribution >= 4 is 5.91 Å². The van der Waals surface area contributed by atoms with Crippen molar-refractivity contribution in [3.8, 4) is 0 Å². The molecule has 0 aromatic heterocycles. The third kappa shape index (κ3) is 5.80. The summed E-state index contributed by atoms with van der Waals surface area (Å²) in [5.41, 5.74) is 4.62. The molecule has 4 nitrogen and oxygen atoms in total. The molecule has 0 spiro atoms. The van der Waals surface area contributed by atoms with Crippen LogP contribution in [0.15, 0.2) is 60.7 Å². The molecule has 2 aromatic carbocycles. The number of aliphatic hydroxyl groups is 1. The number of carbonyl (C=O) groups excluding carboxylic acids is 1. The summed E-state index contributed by atoms with van der Waals surface area (Å²) in [6.45, 7) is 2.18. The highest BCUT2D eigenvalue weighted by Crippen LogP contribution is 2.16. The Hall–Kier alpha value is -2.17.